The maximum atomic E-state index is 10.3. The van der Waals surface area contributed by atoms with E-state index < -0.39 is 6.10 Å². The van der Waals surface area contributed by atoms with Gasteiger partial charge in [-0.3, -0.25) is 0 Å². The molecule has 0 aliphatic rings. The highest BCUT2D eigenvalue weighted by Gasteiger charge is 2.16. The third-order valence-corrected chi connectivity index (χ3v) is 3.97. The molecule has 0 amide bonds. The van der Waals surface area contributed by atoms with Crippen LogP contribution in [0.3, 0.4) is 0 Å². The monoisotopic (exact) mass is 272 g/mol. The molecule has 4 nitrogen and oxygen atoms in total. The number of nitrogens with zero attached hydrogens (tertiary/aromatic N) is 2. The summed E-state index contributed by atoms with van der Waals surface area (Å²) in [6.45, 7) is 1.86. The molecule has 0 saturated carbocycles. The molecule has 0 fully saturated rings. The third kappa shape index (κ3) is 2.30. The minimum absolute atomic E-state index is 0.668. The summed E-state index contributed by atoms with van der Waals surface area (Å²) in [5.74, 6) is 0.754. The average molecular weight is 272 g/mol. The van der Waals surface area contributed by atoms with Crippen molar-refractivity contribution in [3.05, 3.63) is 59.1 Å². The van der Waals surface area contributed by atoms with Gasteiger partial charge in [0.05, 0.1) is 16.6 Å². The van der Waals surface area contributed by atoms with E-state index in [-0.39, 0.29) is 0 Å². The first-order chi connectivity index (χ1) is 9.25. The van der Waals surface area contributed by atoms with Crippen LogP contribution < -0.4 is 0 Å². The number of aromatic nitrogens is 2. The van der Waals surface area contributed by atoms with E-state index in [9.17, 15) is 5.11 Å². The van der Waals surface area contributed by atoms with Gasteiger partial charge in [0.15, 0.2) is 0 Å². The summed E-state index contributed by atoms with van der Waals surface area (Å²) in [6, 6.07) is 9.49. The summed E-state index contributed by atoms with van der Waals surface area (Å²) in [6.07, 6.45) is 2.72. The molecule has 2 aromatic heterocycles. The molecule has 0 radical (unpaired) electrons. The number of benzene rings is 1. The van der Waals surface area contributed by atoms with Crippen molar-refractivity contribution in [2.75, 3.05) is 0 Å². The first-order valence-corrected chi connectivity index (χ1v) is 6.68. The van der Waals surface area contributed by atoms with Crippen LogP contribution in [0.5, 0.6) is 0 Å². The van der Waals surface area contributed by atoms with E-state index in [1.807, 2.05) is 37.3 Å². The first-order valence-electron chi connectivity index (χ1n) is 5.86. The van der Waals surface area contributed by atoms with E-state index in [0.29, 0.717) is 5.01 Å². The standard InChI is InChI=1S/C14H12N2O2S/c1-9-11(7-16-18-9)12-8-15-14(19-12)13(17)10-5-3-2-4-6-10/h2-8,13,17H,1H3. The fourth-order valence-corrected chi connectivity index (χ4v) is 2.84. The zero-order valence-electron chi connectivity index (χ0n) is 10.3. The molecule has 5 heteroatoms. The summed E-state index contributed by atoms with van der Waals surface area (Å²) in [7, 11) is 0. The van der Waals surface area contributed by atoms with Crippen LogP contribution in [-0.4, -0.2) is 15.2 Å². The Morgan fingerprint density at radius 2 is 2.00 bits per heavy atom. The van der Waals surface area contributed by atoms with Crippen molar-refractivity contribution < 1.29 is 9.63 Å². The number of hydrogen-bond acceptors (Lipinski definition) is 5. The van der Waals surface area contributed by atoms with Gasteiger partial charge in [0, 0.05) is 6.20 Å². The Morgan fingerprint density at radius 1 is 1.21 bits per heavy atom. The Kier molecular flexibility index (Phi) is 3.15. The predicted octanol–water partition coefficient (Wildman–Crippen LogP) is 3.19. The van der Waals surface area contributed by atoms with Crippen molar-refractivity contribution in [1.29, 1.82) is 0 Å². The van der Waals surface area contributed by atoms with Crippen molar-refractivity contribution in [2.24, 2.45) is 0 Å². The Labute approximate surface area is 114 Å². The minimum Gasteiger partial charge on any atom is -0.381 e. The lowest BCUT2D eigenvalue weighted by Crippen LogP contribution is -1.97. The Bertz CT molecular complexity index is 676. The Balaban J connectivity index is 1.92. The third-order valence-electron chi connectivity index (χ3n) is 2.89. The van der Waals surface area contributed by atoms with Crippen LogP contribution in [0.1, 0.15) is 22.4 Å². The van der Waals surface area contributed by atoms with Crippen LogP contribution in [0.4, 0.5) is 0 Å². The van der Waals surface area contributed by atoms with E-state index in [2.05, 4.69) is 10.1 Å². The number of aliphatic hydroxyl groups excluding tert-OH is 1. The van der Waals surface area contributed by atoms with Crippen molar-refractivity contribution in [1.82, 2.24) is 10.1 Å². The van der Waals surface area contributed by atoms with Crippen molar-refractivity contribution in [2.45, 2.75) is 13.0 Å². The summed E-state index contributed by atoms with van der Waals surface area (Å²) >= 11 is 1.45. The quantitative estimate of drug-likeness (QED) is 0.795. The average Bonchev–Trinajstić information content (AvgIpc) is 3.07. The summed E-state index contributed by atoms with van der Waals surface area (Å²) in [4.78, 5) is 5.24. The van der Waals surface area contributed by atoms with Gasteiger partial charge in [-0.1, -0.05) is 35.5 Å². The molecule has 2 heterocycles. The number of hydrogen-bond donors (Lipinski definition) is 1. The summed E-state index contributed by atoms with van der Waals surface area (Å²) < 4.78 is 5.04. The van der Waals surface area contributed by atoms with E-state index >= 15 is 0 Å². The van der Waals surface area contributed by atoms with Gasteiger partial charge in [-0.15, -0.1) is 11.3 Å². The zero-order chi connectivity index (χ0) is 13.2. The van der Waals surface area contributed by atoms with Crippen LogP contribution in [0.15, 0.2) is 47.2 Å². The maximum absolute atomic E-state index is 10.3. The summed E-state index contributed by atoms with van der Waals surface area (Å²) in [5.41, 5.74) is 1.76. The van der Waals surface area contributed by atoms with E-state index in [1.165, 1.54) is 11.3 Å². The highest BCUT2D eigenvalue weighted by atomic mass is 32.1. The van der Waals surface area contributed by atoms with Gasteiger partial charge in [-0.2, -0.15) is 0 Å². The van der Waals surface area contributed by atoms with Gasteiger partial charge in [-0.05, 0) is 12.5 Å². The molecule has 1 N–H and O–H groups in total. The second kappa shape index (κ2) is 4.95. The molecule has 1 unspecified atom stereocenters. The second-order valence-corrected chi connectivity index (χ2v) is 5.23. The van der Waals surface area contributed by atoms with Gasteiger partial charge in [0.1, 0.15) is 16.9 Å². The molecule has 3 rings (SSSR count). The molecule has 96 valence electrons. The predicted molar refractivity (Wildman–Crippen MR) is 72.9 cm³/mol. The molecule has 0 saturated heterocycles. The van der Waals surface area contributed by atoms with Crippen molar-refractivity contribution >= 4 is 11.3 Å². The lowest BCUT2D eigenvalue weighted by atomic mass is 10.1. The number of rotatable bonds is 3. The molecule has 1 aromatic carbocycles. The van der Waals surface area contributed by atoms with E-state index in [1.54, 1.807) is 12.4 Å². The molecule has 0 aliphatic heterocycles. The van der Waals surface area contributed by atoms with Crippen LogP contribution >= 0.6 is 11.3 Å². The highest BCUT2D eigenvalue weighted by molar-refractivity contribution is 7.15. The fourth-order valence-electron chi connectivity index (χ4n) is 1.85. The van der Waals surface area contributed by atoms with E-state index in [4.69, 9.17) is 4.52 Å². The smallest absolute Gasteiger partial charge is 0.142 e. The van der Waals surface area contributed by atoms with Gasteiger partial charge in [0.25, 0.3) is 0 Å². The lowest BCUT2D eigenvalue weighted by molar-refractivity contribution is 0.220. The SMILES string of the molecule is Cc1oncc1-c1cnc(C(O)c2ccccc2)s1. The normalized spacial score (nSPS) is 12.5. The second-order valence-electron chi connectivity index (χ2n) is 4.17. The van der Waals surface area contributed by atoms with Gasteiger partial charge < -0.3 is 9.63 Å². The van der Waals surface area contributed by atoms with Gasteiger partial charge >= 0.3 is 0 Å². The van der Waals surface area contributed by atoms with Crippen molar-refractivity contribution in [3.63, 3.8) is 0 Å². The zero-order valence-corrected chi connectivity index (χ0v) is 11.1. The topological polar surface area (TPSA) is 59.2 Å². The number of aryl methyl sites for hydroxylation is 1. The molecule has 3 aromatic rings. The van der Waals surface area contributed by atoms with Gasteiger partial charge in [-0.25, -0.2) is 4.98 Å². The fraction of sp³-hybridized carbons (Fsp3) is 0.143. The first kappa shape index (κ1) is 12.1. The van der Waals surface area contributed by atoms with Crippen LogP contribution in [0.25, 0.3) is 10.4 Å². The molecule has 0 aliphatic carbocycles. The Morgan fingerprint density at radius 3 is 2.68 bits per heavy atom. The molecule has 1 atom stereocenters. The van der Waals surface area contributed by atoms with E-state index in [0.717, 1.165) is 21.8 Å². The molecular formula is C14H12N2O2S. The molecule has 0 spiro atoms. The number of aliphatic hydroxyl groups is 1. The molecular weight excluding hydrogens is 260 g/mol. The van der Waals surface area contributed by atoms with Gasteiger partial charge in [0.2, 0.25) is 0 Å². The number of thiazole rings is 1. The summed E-state index contributed by atoms with van der Waals surface area (Å²) in [5, 5.41) is 14.7. The minimum atomic E-state index is -0.694. The largest absolute Gasteiger partial charge is 0.381 e. The molecule has 0 bridgehead atoms. The lowest BCUT2D eigenvalue weighted by Gasteiger charge is -2.06. The maximum Gasteiger partial charge on any atom is 0.142 e. The Hall–Kier alpha value is -1.98. The van der Waals surface area contributed by atoms with Crippen LogP contribution in [0.2, 0.25) is 0 Å². The highest BCUT2D eigenvalue weighted by Crippen LogP contribution is 2.33. The van der Waals surface area contributed by atoms with Crippen LogP contribution in [-0.2, 0) is 0 Å². The molecule has 19 heavy (non-hydrogen) atoms. The van der Waals surface area contributed by atoms with Crippen molar-refractivity contribution in [3.8, 4) is 10.4 Å². The van der Waals surface area contributed by atoms with Crippen LogP contribution in [0, 0.1) is 6.92 Å².